The number of aromatic amines is 1. The fourth-order valence-electron chi connectivity index (χ4n) is 2.95. The molecule has 0 saturated carbocycles. The van der Waals surface area contributed by atoms with Crippen LogP contribution in [0, 0.1) is 0 Å². The second-order valence-electron chi connectivity index (χ2n) is 4.99. The third-order valence-corrected chi connectivity index (χ3v) is 3.77. The first-order valence-electron chi connectivity index (χ1n) is 6.46. The van der Waals surface area contributed by atoms with Gasteiger partial charge in [0.05, 0.1) is 0 Å². The lowest BCUT2D eigenvalue weighted by atomic mass is 9.86. The Balaban J connectivity index is 2.08. The van der Waals surface area contributed by atoms with Crippen LogP contribution in [0.5, 0.6) is 0 Å². The highest BCUT2D eigenvalue weighted by atomic mass is 16.1. The van der Waals surface area contributed by atoms with E-state index in [4.69, 9.17) is 5.73 Å². The molecule has 1 atom stereocenters. The third kappa shape index (κ3) is 1.94. The van der Waals surface area contributed by atoms with Crippen LogP contribution in [0.2, 0.25) is 0 Å². The molecule has 0 bridgehead atoms. The van der Waals surface area contributed by atoms with Gasteiger partial charge in [-0.1, -0.05) is 6.08 Å². The highest BCUT2D eigenvalue weighted by Gasteiger charge is 2.24. The Bertz CT molecular complexity index is 657. The summed E-state index contributed by atoms with van der Waals surface area (Å²) in [7, 11) is 0. The number of rotatable bonds is 4. The van der Waals surface area contributed by atoms with Crippen molar-refractivity contribution in [2.75, 3.05) is 6.54 Å². The van der Waals surface area contributed by atoms with Crippen LogP contribution >= 0.6 is 0 Å². The Hall–Kier alpha value is -2.07. The maximum atomic E-state index is 11.6. The number of hydrogen-bond donors (Lipinski definition) is 3. The van der Waals surface area contributed by atoms with Crippen molar-refractivity contribution in [1.82, 2.24) is 10.3 Å². The topological polar surface area (TPSA) is 70.9 Å². The lowest BCUT2D eigenvalue weighted by Crippen LogP contribution is -2.36. The zero-order valence-electron chi connectivity index (χ0n) is 10.7. The number of primary amides is 1. The molecule has 4 heteroatoms. The molecule has 4 nitrogen and oxygen atoms in total. The quantitative estimate of drug-likeness (QED) is 0.725. The Kier molecular flexibility index (Phi) is 2.87. The summed E-state index contributed by atoms with van der Waals surface area (Å²) in [5.41, 5.74) is 9.52. The lowest BCUT2D eigenvalue weighted by Gasteiger charge is -2.24. The standard InChI is InChI=1S/C15H17N3O/c1-2-5-17-10-6-9-8-18-13-4-3-11(15(16)19)12(7-10)14(9)13/h2-4,8,10,17-18H,1,5-7H2,(H2,16,19). The average Bonchev–Trinajstić information content (AvgIpc) is 2.81. The van der Waals surface area contributed by atoms with E-state index in [1.807, 2.05) is 24.4 Å². The summed E-state index contributed by atoms with van der Waals surface area (Å²) >= 11 is 0. The van der Waals surface area contributed by atoms with Crippen molar-refractivity contribution in [2.45, 2.75) is 18.9 Å². The van der Waals surface area contributed by atoms with E-state index in [0.29, 0.717) is 11.6 Å². The molecule has 0 saturated heterocycles. The van der Waals surface area contributed by atoms with Gasteiger partial charge in [-0.05, 0) is 36.1 Å². The number of carbonyl (C=O) groups is 1. The zero-order chi connectivity index (χ0) is 13.4. The molecule has 2 aromatic rings. The van der Waals surface area contributed by atoms with Gasteiger partial charge in [0.15, 0.2) is 0 Å². The SMILES string of the molecule is C=CCNC1Cc2c[nH]c3ccc(C(N)=O)c(c23)C1. The van der Waals surface area contributed by atoms with Crippen molar-refractivity contribution in [3.05, 3.63) is 47.7 Å². The van der Waals surface area contributed by atoms with E-state index < -0.39 is 0 Å². The van der Waals surface area contributed by atoms with Gasteiger partial charge in [0.1, 0.15) is 0 Å². The van der Waals surface area contributed by atoms with Gasteiger partial charge in [-0.3, -0.25) is 4.79 Å². The molecule has 1 aromatic heterocycles. The molecule has 1 unspecified atom stereocenters. The molecule has 1 aliphatic carbocycles. The summed E-state index contributed by atoms with van der Waals surface area (Å²) in [4.78, 5) is 14.8. The second-order valence-corrected chi connectivity index (χ2v) is 4.99. The normalized spacial score (nSPS) is 17.6. The fourth-order valence-corrected chi connectivity index (χ4v) is 2.95. The van der Waals surface area contributed by atoms with E-state index in [1.54, 1.807) is 0 Å². The van der Waals surface area contributed by atoms with Gasteiger partial charge >= 0.3 is 0 Å². The second kappa shape index (κ2) is 4.55. The molecular formula is C15H17N3O. The van der Waals surface area contributed by atoms with Crippen LogP contribution in [0.4, 0.5) is 0 Å². The van der Waals surface area contributed by atoms with Gasteiger partial charge in [0.2, 0.25) is 5.91 Å². The molecule has 0 fully saturated rings. The van der Waals surface area contributed by atoms with Gasteiger partial charge < -0.3 is 16.0 Å². The van der Waals surface area contributed by atoms with Crippen molar-refractivity contribution in [2.24, 2.45) is 5.73 Å². The van der Waals surface area contributed by atoms with Crippen LogP contribution < -0.4 is 11.1 Å². The predicted octanol–water partition coefficient (Wildman–Crippen LogP) is 1.51. The van der Waals surface area contributed by atoms with E-state index >= 15 is 0 Å². The number of aromatic nitrogens is 1. The third-order valence-electron chi connectivity index (χ3n) is 3.77. The largest absolute Gasteiger partial charge is 0.366 e. The number of carbonyl (C=O) groups excluding carboxylic acids is 1. The molecule has 1 aromatic carbocycles. The maximum absolute atomic E-state index is 11.6. The molecule has 19 heavy (non-hydrogen) atoms. The first-order chi connectivity index (χ1) is 9.20. The highest BCUT2D eigenvalue weighted by molar-refractivity contribution is 6.01. The molecule has 0 radical (unpaired) electrons. The van der Waals surface area contributed by atoms with Crippen LogP contribution in [0.25, 0.3) is 10.9 Å². The molecular weight excluding hydrogens is 238 g/mol. The molecule has 1 amide bonds. The Morgan fingerprint density at radius 1 is 1.53 bits per heavy atom. The van der Waals surface area contributed by atoms with Crippen molar-refractivity contribution < 1.29 is 4.79 Å². The molecule has 4 N–H and O–H groups in total. The molecule has 1 heterocycles. The number of nitrogens with two attached hydrogens (primary N) is 1. The zero-order valence-corrected chi connectivity index (χ0v) is 10.7. The van der Waals surface area contributed by atoms with Gasteiger partial charge in [0.25, 0.3) is 0 Å². The molecule has 1 aliphatic rings. The van der Waals surface area contributed by atoms with Crippen molar-refractivity contribution in [3.8, 4) is 0 Å². The van der Waals surface area contributed by atoms with E-state index in [9.17, 15) is 4.79 Å². The minimum atomic E-state index is -0.353. The van der Waals surface area contributed by atoms with Crippen LogP contribution in [0.15, 0.2) is 31.0 Å². The number of nitrogens with one attached hydrogen (secondary N) is 2. The maximum Gasteiger partial charge on any atom is 0.249 e. The summed E-state index contributed by atoms with van der Waals surface area (Å²) in [6.45, 7) is 4.49. The summed E-state index contributed by atoms with van der Waals surface area (Å²) in [5.74, 6) is -0.353. The van der Waals surface area contributed by atoms with Gasteiger partial charge in [-0.15, -0.1) is 6.58 Å². The van der Waals surface area contributed by atoms with Crippen LogP contribution in [-0.4, -0.2) is 23.5 Å². The lowest BCUT2D eigenvalue weighted by molar-refractivity contribution is 0.0999. The first-order valence-corrected chi connectivity index (χ1v) is 6.46. The number of hydrogen-bond acceptors (Lipinski definition) is 2. The Morgan fingerprint density at radius 3 is 3.11 bits per heavy atom. The monoisotopic (exact) mass is 255 g/mol. The van der Waals surface area contributed by atoms with Crippen LogP contribution in [0.3, 0.4) is 0 Å². The van der Waals surface area contributed by atoms with E-state index in [-0.39, 0.29) is 5.91 Å². The van der Waals surface area contributed by atoms with Gasteiger partial charge in [0, 0.05) is 35.2 Å². The number of H-pyrrole nitrogens is 1. The minimum Gasteiger partial charge on any atom is -0.366 e. The average molecular weight is 255 g/mol. The van der Waals surface area contributed by atoms with Crippen molar-refractivity contribution in [3.63, 3.8) is 0 Å². The van der Waals surface area contributed by atoms with E-state index in [2.05, 4.69) is 16.9 Å². The summed E-state index contributed by atoms with van der Waals surface area (Å²) in [6, 6.07) is 4.07. The summed E-state index contributed by atoms with van der Waals surface area (Å²) < 4.78 is 0. The molecule has 0 spiro atoms. The van der Waals surface area contributed by atoms with Crippen molar-refractivity contribution in [1.29, 1.82) is 0 Å². The Morgan fingerprint density at radius 2 is 2.37 bits per heavy atom. The highest BCUT2D eigenvalue weighted by Crippen LogP contribution is 2.31. The number of amides is 1. The van der Waals surface area contributed by atoms with Gasteiger partial charge in [-0.2, -0.15) is 0 Å². The molecule has 0 aliphatic heterocycles. The van der Waals surface area contributed by atoms with E-state index in [0.717, 1.165) is 30.5 Å². The van der Waals surface area contributed by atoms with Crippen LogP contribution in [0.1, 0.15) is 21.5 Å². The van der Waals surface area contributed by atoms with Crippen molar-refractivity contribution >= 4 is 16.8 Å². The predicted molar refractivity (Wildman–Crippen MR) is 76.2 cm³/mol. The summed E-state index contributed by atoms with van der Waals surface area (Å²) in [5, 5.41) is 4.60. The Labute approximate surface area is 111 Å². The molecule has 3 rings (SSSR count). The fraction of sp³-hybridized carbons (Fsp3) is 0.267. The smallest absolute Gasteiger partial charge is 0.249 e. The minimum absolute atomic E-state index is 0.324. The van der Waals surface area contributed by atoms with E-state index in [1.165, 1.54) is 10.9 Å². The molecule has 98 valence electrons. The summed E-state index contributed by atoms with van der Waals surface area (Å²) in [6.07, 6.45) is 5.67. The number of benzene rings is 1. The first kappa shape index (κ1) is 12.0. The van der Waals surface area contributed by atoms with Crippen LogP contribution in [-0.2, 0) is 12.8 Å². The van der Waals surface area contributed by atoms with Gasteiger partial charge in [-0.25, -0.2) is 0 Å².